The number of aryl methyl sites for hydroxylation is 1. The van der Waals surface area contributed by atoms with E-state index < -0.39 is 0 Å². The van der Waals surface area contributed by atoms with Crippen LogP contribution in [-0.4, -0.2) is 18.6 Å². The lowest BCUT2D eigenvalue weighted by molar-refractivity contribution is -0.122. The molecule has 0 bridgehead atoms. The minimum atomic E-state index is 0.0629. The highest BCUT2D eigenvalue weighted by atomic mass is 35.5. The van der Waals surface area contributed by atoms with Gasteiger partial charge in [-0.2, -0.15) is 0 Å². The first-order valence-corrected chi connectivity index (χ1v) is 8.33. The normalized spacial score (nSPS) is 16.3. The molecule has 1 N–H and O–H groups in total. The molecule has 3 nitrogen and oxygen atoms in total. The number of carbonyl (C=O) groups is 1. The number of hydrogen-bond donors (Lipinski definition) is 1. The predicted octanol–water partition coefficient (Wildman–Crippen LogP) is 3.78. The maximum absolute atomic E-state index is 12.1. The van der Waals surface area contributed by atoms with Crippen molar-refractivity contribution in [2.45, 2.75) is 31.7 Å². The van der Waals surface area contributed by atoms with Crippen LogP contribution in [0.4, 0.5) is 0 Å². The Kier molecular flexibility index (Phi) is 5.19. The van der Waals surface area contributed by atoms with E-state index in [9.17, 15) is 4.79 Å². The molecule has 2 aromatic rings. The summed E-state index contributed by atoms with van der Waals surface area (Å²) in [5.41, 5.74) is 2.36. The van der Waals surface area contributed by atoms with Gasteiger partial charge in [-0.15, -0.1) is 0 Å². The minimum absolute atomic E-state index is 0.0629. The van der Waals surface area contributed by atoms with Crippen LogP contribution in [0.3, 0.4) is 0 Å². The summed E-state index contributed by atoms with van der Waals surface area (Å²) in [6.07, 6.45) is 3.08. The van der Waals surface area contributed by atoms with Crippen molar-refractivity contribution in [3.63, 3.8) is 0 Å². The number of nitrogens with one attached hydrogen (secondary N) is 1. The molecule has 0 spiro atoms. The minimum Gasteiger partial charge on any atom is -0.491 e. The molecule has 1 aliphatic rings. The fourth-order valence-corrected chi connectivity index (χ4v) is 2.95. The third-order valence-corrected chi connectivity index (χ3v) is 4.28. The molecule has 0 aliphatic carbocycles. The molecule has 4 heteroatoms. The van der Waals surface area contributed by atoms with E-state index >= 15 is 0 Å². The molecule has 3 rings (SSSR count). The van der Waals surface area contributed by atoms with Gasteiger partial charge in [0.05, 0.1) is 6.04 Å². The number of rotatable bonds is 5. The molecule has 120 valence electrons. The smallest absolute Gasteiger partial charge is 0.220 e. The Balaban J connectivity index is 1.42. The molecule has 1 heterocycles. The van der Waals surface area contributed by atoms with Crippen LogP contribution >= 0.6 is 11.6 Å². The number of hydrogen-bond acceptors (Lipinski definition) is 2. The molecular formula is C19H20ClNO2. The first-order valence-electron chi connectivity index (χ1n) is 7.95. The van der Waals surface area contributed by atoms with Gasteiger partial charge in [0.2, 0.25) is 5.91 Å². The standard InChI is InChI=1S/C19H20ClNO2/c20-16-10-8-14(9-11-16)4-3-7-19(22)21-17-12-15-5-1-2-6-18(15)23-13-17/h1-2,5-6,8-11,17H,3-4,7,12-13H2,(H,21,22). The van der Waals surface area contributed by atoms with E-state index in [4.69, 9.17) is 16.3 Å². The Bertz CT molecular complexity index is 669. The Labute approximate surface area is 141 Å². The maximum Gasteiger partial charge on any atom is 0.220 e. The average molecular weight is 330 g/mol. The van der Waals surface area contributed by atoms with Gasteiger partial charge in [-0.25, -0.2) is 0 Å². The van der Waals surface area contributed by atoms with Crippen LogP contribution in [0.2, 0.25) is 5.02 Å². The van der Waals surface area contributed by atoms with E-state index in [1.807, 2.05) is 48.5 Å². The van der Waals surface area contributed by atoms with Gasteiger partial charge < -0.3 is 10.1 Å². The zero-order valence-corrected chi connectivity index (χ0v) is 13.7. The van der Waals surface area contributed by atoms with E-state index in [0.29, 0.717) is 13.0 Å². The molecule has 0 radical (unpaired) electrons. The van der Waals surface area contributed by atoms with Crippen LogP contribution in [0.25, 0.3) is 0 Å². The van der Waals surface area contributed by atoms with Gasteiger partial charge in [-0.3, -0.25) is 4.79 Å². The van der Waals surface area contributed by atoms with Crippen molar-refractivity contribution in [2.75, 3.05) is 6.61 Å². The lowest BCUT2D eigenvalue weighted by Crippen LogP contribution is -2.42. The first-order chi connectivity index (χ1) is 11.2. The van der Waals surface area contributed by atoms with Crippen molar-refractivity contribution in [3.8, 4) is 5.75 Å². The Morgan fingerprint density at radius 3 is 2.78 bits per heavy atom. The van der Waals surface area contributed by atoms with Gasteiger partial charge >= 0.3 is 0 Å². The summed E-state index contributed by atoms with van der Waals surface area (Å²) < 4.78 is 5.69. The van der Waals surface area contributed by atoms with Crippen LogP contribution < -0.4 is 10.1 Å². The molecule has 0 saturated carbocycles. The second-order valence-corrected chi connectivity index (χ2v) is 6.30. The first kappa shape index (κ1) is 15.9. The monoisotopic (exact) mass is 329 g/mol. The molecule has 0 aromatic heterocycles. The fourth-order valence-electron chi connectivity index (χ4n) is 2.82. The summed E-state index contributed by atoms with van der Waals surface area (Å²) in [5.74, 6) is 1.02. The van der Waals surface area contributed by atoms with Gasteiger partial charge in [0.15, 0.2) is 0 Å². The topological polar surface area (TPSA) is 38.3 Å². The van der Waals surface area contributed by atoms with Gasteiger partial charge in [-0.05, 0) is 48.6 Å². The SMILES string of the molecule is O=C(CCCc1ccc(Cl)cc1)NC1COc2ccccc2C1. The van der Waals surface area contributed by atoms with Gasteiger partial charge in [-0.1, -0.05) is 41.9 Å². The second-order valence-electron chi connectivity index (χ2n) is 5.87. The molecule has 1 atom stereocenters. The number of carbonyl (C=O) groups excluding carboxylic acids is 1. The lowest BCUT2D eigenvalue weighted by atomic mass is 10.0. The summed E-state index contributed by atoms with van der Waals surface area (Å²) in [6, 6.07) is 15.8. The number of ether oxygens (including phenoxy) is 1. The molecule has 1 aliphatic heterocycles. The Hall–Kier alpha value is -2.00. The third-order valence-electron chi connectivity index (χ3n) is 4.03. The van der Waals surface area contributed by atoms with Crippen molar-refractivity contribution in [1.82, 2.24) is 5.32 Å². The number of halogens is 1. The molecular weight excluding hydrogens is 310 g/mol. The highest BCUT2D eigenvalue weighted by Gasteiger charge is 2.20. The van der Waals surface area contributed by atoms with Crippen LogP contribution in [0.1, 0.15) is 24.0 Å². The van der Waals surface area contributed by atoms with E-state index in [-0.39, 0.29) is 11.9 Å². The largest absolute Gasteiger partial charge is 0.491 e. The van der Waals surface area contributed by atoms with E-state index in [2.05, 4.69) is 5.32 Å². The molecule has 0 saturated heterocycles. The third kappa shape index (κ3) is 4.49. The number of fused-ring (bicyclic) bond motifs is 1. The van der Waals surface area contributed by atoms with Crippen LogP contribution in [0.15, 0.2) is 48.5 Å². The zero-order chi connectivity index (χ0) is 16.1. The Morgan fingerprint density at radius 2 is 1.96 bits per heavy atom. The summed E-state index contributed by atoms with van der Waals surface area (Å²) in [4.78, 5) is 12.1. The average Bonchev–Trinajstić information content (AvgIpc) is 2.56. The highest BCUT2D eigenvalue weighted by Crippen LogP contribution is 2.23. The second kappa shape index (κ2) is 7.51. The van der Waals surface area contributed by atoms with E-state index in [0.717, 1.165) is 35.6 Å². The highest BCUT2D eigenvalue weighted by molar-refractivity contribution is 6.30. The van der Waals surface area contributed by atoms with Crippen molar-refractivity contribution in [2.24, 2.45) is 0 Å². The maximum atomic E-state index is 12.1. The van der Waals surface area contributed by atoms with Crippen molar-refractivity contribution >= 4 is 17.5 Å². The predicted molar refractivity (Wildman–Crippen MR) is 92.0 cm³/mol. The summed E-state index contributed by atoms with van der Waals surface area (Å²) in [7, 11) is 0. The lowest BCUT2D eigenvalue weighted by Gasteiger charge is -2.26. The van der Waals surface area contributed by atoms with Crippen LogP contribution in [-0.2, 0) is 17.6 Å². The summed E-state index contributed by atoms with van der Waals surface area (Å²) in [6.45, 7) is 0.542. The van der Waals surface area contributed by atoms with Gasteiger partial charge in [0.1, 0.15) is 12.4 Å². The van der Waals surface area contributed by atoms with Crippen molar-refractivity contribution < 1.29 is 9.53 Å². The number of benzene rings is 2. The number of para-hydroxylation sites is 1. The zero-order valence-electron chi connectivity index (χ0n) is 12.9. The quantitative estimate of drug-likeness (QED) is 0.906. The fraction of sp³-hybridized carbons (Fsp3) is 0.316. The van der Waals surface area contributed by atoms with Crippen LogP contribution in [0, 0.1) is 0 Å². The molecule has 1 amide bonds. The molecule has 0 fully saturated rings. The van der Waals surface area contributed by atoms with Crippen molar-refractivity contribution in [1.29, 1.82) is 0 Å². The summed E-state index contributed by atoms with van der Waals surface area (Å²) in [5, 5.41) is 3.81. The molecule has 1 unspecified atom stereocenters. The van der Waals surface area contributed by atoms with Gasteiger partial charge in [0, 0.05) is 11.4 Å². The van der Waals surface area contributed by atoms with E-state index in [1.165, 1.54) is 5.56 Å². The van der Waals surface area contributed by atoms with Crippen molar-refractivity contribution in [3.05, 3.63) is 64.7 Å². The van der Waals surface area contributed by atoms with E-state index in [1.54, 1.807) is 0 Å². The molecule has 23 heavy (non-hydrogen) atoms. The Morgan fingerprint density at radius 1 is 1.17 bits per heavy atom. The van der Waals surface area contributed by atoms with Crippen LogP contribution in [0.5, 0.6) is 5.75 Å². The van der Waals surface area contributed by atoms with Gasteiger partial charge in [0.25, 0.3) is 0 Å². The molecule has 2 aromatic carbocycles. The number of amides is 1. The summed E-state index contributed by atoms with van der Waals surface area (Å²) >= 11 is 5.86.